The van der Waals surface area contributed by atoms with Crippen LogP contribution in [0.5, 0.6) is 0 Å². The molecule has 0 aliphatic carbocycles. The number of unbranched alkanes of at least 4 members (excludes halogenated alkanes) is 9. The first-order valence-corrected chi connectivity index (χ1v) is 7.21. The van der Waals surface area contributed by atoms with Gasteiger partial charge in [0, 0.05) is 0 Å². The van der Waals surface area contributed by atoms with Gasteiger partial charge in [-0.3, -0.25) is 0 Å². The maximum atomic E-state index is 7.61. The molecule has 0 aromatic heterocycles. The molecule has 0 aromatic carbocycles. The predicted octanol–water partition coefficient (Wildman–Crippen LogP) is 3.18. The minimum absolute atomic E-state index is 0.872. The summed E-state index contributed by atoms with van der Waals surface area (Å²) in [5.41, 5.74) is 5.42. The molecule has 0 rings (SSSR count). The standard InChI is InChI=1S/C12H27N.C2H6O2/c1-2-3-4-5-6-7-8-9-10-11-12-13;1-2(3)4/h2-13H2,1H3;2-4H,1H3. The summed E-state index contributed by atoms with van der Waals surface area (Å²) in [5.74, 6) is 0. The van der Waals surface area contributed by atoms with Crippen molar-refractivity contribution in [2.45, 2.75) is 84.3 Å². The zero-order valence-corrected chi connectivity index (χ0v) is 11.8. The average Bonchev–Trinajstić information content (AvgIpc) is 2.26. The lowest BCUT2D eigenvalue weighted by atomic mass is 10.1. The van der Waals surface area contributed by atoms with Crippen LogP contribution in [-0.4, -0.2) is 23.0 Å². The van der Waals surface area contributed by atoms with Crippen molar-refractivity contribution < 1.29 is 10.2 Å². The third-order valence-electron chi connectivity index (χ3n) is 2.56. The SMILES string of the molecule is CC(O)O.CCCCCCCCCCCCN. The molecule has 0 radical (unpaired) electrons. The topological polar surface area (TPSA) is 66.5 Å². The molecule has 4 N–H and O–H groups in total. The molecule has 3 heteroatoms. The Hall–Kier alpha value is -0.120. The lowest BCUT2D eigenvalue weighted by Gasteiger charge is -2.00. The number of nitrogens with two attached hydrogens (primary N) is 1. The van der Waals surface area contributed by atoms with E-state index < -0.39 is 6.29 Å². The molecule has 0 aliphatic heterocycles. The van der Waals surface area contributed by atoms with Crippen LogP contribution in [0.2, 0.25) is 0 Å². The van der Waals surface area contributed by atoms with E-state index in [0.29, 0.717) is 0 Å². The lowest BCUT2D eigenvalue weighted by molar-refractivity contribution is -0.0228. The van der Waals surface area contributed by atoms with Crippen LogP contribution in [0.1, 0.15) is 78.1 Å². The van der Waals surface area contributed by atoms with Crippen molar-refractivity contribution in [1.82, 2.24) is 0 Å². The average molecular weight is 247 g/mol. The molecule has 0 aromatic rings. The van der Waals surface area contributed by atoms with Crippen molar-refractivity contribution in [2.24, 2.45) is 5.73 Å². The summed E-state index contributed by atoms with van der Waals surface area (Å²) in [6, 6.07) is 0. The molecular weight excluding hydrogens is 214 g/mol. The van der Waals surface area contributed by atoms with Gasteiger partial charge >= 0.3 is 0 Å². The second-order valence-corrected chi connectivity index (χ2v) is 4.60. The van der Waals surface area contributed by atoms with Crippen LogP contribution in [-0.2, 0) is 0 Å². The highest BCUT2D eigenvalue weighted by atomic mass is 16.5. The van der Waals surface area contributed by atoms with E-state index in [9.17, 15) is 0 Å². The Morgan fingerprint density at radius 1 is 0.765 bits per heavy atom. The minimum atomic E-state index is -1.17. The van der Waals surface area contributed by atoms with Crippen molar-refractivity contribution in [2.75, 3.05) is 6.54 Å². The zero-order valence-electron chi connectivity index (χ0n) is 11.8. The number of hydrogen-bond donors (Lipinski definition) is 3. The summed E-state index contributed by atoms with van der Waals surface area (Å²) in [7, 11) is 0. The largest absolute Gasteiger partial charge is 0.368 e. The van der Waals surface area contributed by atoms with Crippen LogP contribution < -0.4 is 5.73 Å². The fourth-order valence-electron chi connectivity index (χ4n) is 1.63. The Kier molecular flexibility index (Phi) is 20.6. The minimum Gasteiger partial charge on any atom is -0.368 e. The molecule has 0 atom stereocenters. The van der Waals surface area contributed by atoms with Crippen LogP contribution in [0.4, 0.5) is 0 Å². The van der Waals surface area contributed by atoms with Gasteiger partial charge in [-0.1, -0.05) is 64.7 Å². The first kappa shape index (κ1) is 19.2. The van der Waals surface area contributed by atoms with Crippen LogP contribution >= 0.6 is 0 Å². The Morgan fingerprint density at radius 2 is 1.06 bits per heavy atom. The van der Waals surface area contributed by atoms with Gasteiger partial charge in [-0.25, -0.2) is 0 Å². The van der Waals surface area contributed by atoms with Crippen molar-refractivity contribution in [3.05, 3.63) is 0 Å². The Morgan fingerprint density at radius 3 is 1.35 bits per heavy atom. The second-order valence-electron chi connectivity index (χ2n) is 4.60. The molecule has 17 heavy (non-hydrogen) atoms. The number of rotatable bonds is 10. The lowest BCUT2D eigenvalue weighted by Crippen LogP contribution is -1.97. The van der Waals surface area contributed by atoms with Gasteiger partial charge in [-0.15, -0.1) is 0 Å². The molecule has 0 saturated heterocycles. The van der Waals surface area contributed by atoms with Gasteiger partial charge in [-0.05, 0) is 19.9 Å². The quantitative estimate of drug-likeness (QED) is 0.410. The molecule has 3 nitrogen and oxygen atoms in total. The Bertz CT molecular complexity index is 106. The van der Waals surface area contributed by atoms with Crippen molar-refractivity contribution in [3.63, 3.8) is 0 Å². The van der Waals surface area contributed by atoms with Crippen LogP contribution in [0.25, 0.3) is 0 Å². The number of aliphatic hydroxyl groups is 2. The Labute approximate surface area is 107 Å². The van der Waals surface area contributed by atoms with Crippen LogP contribution in [0, 0.1) is 0 Å². The van der Waals surface area contributed by atoms with Gasteiger partial charge in [0.05, 0.1) is 0 Å². The fraction of sp³-hybridized carbons (Fsp3) is 1.00. The van der Waals surface area contributed by atoms with E-state index in [1.165, 1.54) is 71.1 Å². The van der Waals surface area contributed by atoms with Gasteiger partial charge in [-0.2, -0.15) is 0 Å². The normalized spacial score (nSPS) is 10.2. The van der Waals surface area contributed by atoms with Crippen molar-refractivity contribution in [1.29, 1.82) is 0 Å². The van der Waals surface area contributed by atoms with E-state index in [-0.39, 0.29) is 0 Å². The van der Waals surface area contributed by atoms with E-state index >= 15 is 0 Å². The van der Waals surface area contributed by atoms with E-state index in [0.717, 1.165) is 6.54 Å². The highest BCUT2D eigenvalue weighted by Gasteiger charge is 1.91. The summed E-state index contributed by atoms with van der Waals surface area (Å²) < 4.78 is 0. The summed E-state index contributed by atoms with van der Waals surface area (Å²) >= 11 is 0. The first-order valence-electron chi connectivity index (χ1n) is 7.21. The molecule has 0 bridgehead atoms. The fourth-order valence-corrected chi connectivity index (χ4v) is 1.63. The number of hydrogen-bond acceptors (Lipinski definition) is 3. The zero-order chi connectivity index (χ0) is 13.4. The summed E-state index contributed by atoms with van der Waals surface area (Å²) in [6.45, 7) is 4.42. The third-order valence-corrected chi connectivity index (χ3v) is 2.56. The third kappa shape index (κ3) is 31.3. The molecule has 0 heterocycles. The molecule has 0 spiro atoms. The summed E-state index contributed by atoms with van der Waals surface area (Å²) in [6.07, 6.45) is 12.8. The smallest absolute Gasteiger partial charge is 0.148 e. The van der Waals surface area contributed by atoms with Gasteiger partial charge in [0.2, 0.25) is 0 Å². The van der Waals surface area contributed by atoms with E-state index in [1.807, 2.05) is 0 Å². The molecule has 0 saturated carbocycles. The van der Waals surface area contributed by atoms with Crippen LogP contribution in [0.3, 0.4) is 0 Å². The van der Waals surface area contributed by atoms with Gasteiger partial charge in [0.15, 0.2) is 0 Å². The van der Waals surface area contributed by atoms with Gasteiger partial charge < -0.3 is 15.9 Å². The summed E-state index contributed by atoms with van der Waals surface area (Å²) in [4.78, 5) is 0. The predicted molar refractivity (Wildman–Crippen MR) is 74.8 cm³/mol. The van der Waals surface area contributed by atoms with E-state index in [4.69, 9.17) is 15.9 Å². The highest BCUT2D eigenvalue weighted by molar-refractivity contribution is 4.47. The van der Waals surface area contributed by atoms with Crippen LogP contribution in [0.15, 0.2) is 0 Å². The van der Waals surface area contributed by atoms with E-state index in [1.54, 1.807) is 0 Å². The molecule has 0 fully saturated rings. The van der Waals surface area contributed by atoms with Crippen molar-refractivity contribution >= 4 is 0 Å². The second kappa shape index (κ2) is 18.3. The Balaban J connectivity index is 0. The molecule has 0 unspecified atom stereocenters. The molecule has 0 aliphatic rings. The highest BCUT2D eigenvalue weighted by Crippen LogP contribution is 2.09. The first-order chi connectivity index (χ1) is 8.15. The molecule has 0 amide bonds. The monoisotopic (exact) mass is 247 g/mol. The van der Waals surface area contributed by atoms with E-state index in [2.05, 4.69) is 6.92 Å². The maximum absolute atomic E-state index is 7.61. The van der Waals surface area contributed by atoms with Crippen molar-refractivity contribution in [3.8, 4) is 0 Å². The molecule has 106 valence electrons. The van der Waals surface area contributed by atoms with Gasteiger partial charge in [0.1, 0.15) is 6.29 Å². The van der Waals surface area contributed by atoms with Gasteiger partial charge in [0.25, 0.3) is 0 Å². The summed E-state index contributed by atoms with van der Waals surface area (Å²) in [5, 5.41) is 15.2. The molecular formula is C14H33NO2. The number of aliphatic hydroxyl groups excluding tert-OH is 1. The maximum Gasteiger partial charge on any atom is 0.148 e.